The first-order valence-electron chi connectivity index (χ1n) is 23.0. The fraction of sp³-hybridized carbons (Fsp3) is 0.125. The second kappa shape index (κ2) is 15.6. The van der Waals surface area contributed by atoms with E-state index in [1.165, 1.54) is 110 Å². The first-order chi connectivity index (χ1) is 31.5. The van der Waals surface area contributed by atoms with Crippen LogP contribution in [0.2, 0.25) is 0 Å². The van der Waals surface area contributed by atoms with Gasteiger partial charge < -0.3 is 4.57 Å². The molecule has 0 unspecified atom stereocenters. The van der Waals surface area contributed by atoms with Gasteiger partial charge in [-0.3, -0.25) is 0 Å². The number of benzene rings is 10. The molecule has 1 heteroatoms. The Labute approximate surface area is 383 Å². The summed E-state index contributed by atoms with van der Waals surface area (Å²) in [6, 6.07) is 78.9. The molecular weight excluding hydrogens is 783 g/mol. The molecule has 0 radical (unpaired) electrons. The average Bonchev–Trinajstić information content (AvgIpc) is 3.66. The van der Waals surface area contributed by atoms with E-state index in [1.807, 2.05) is 0 Å². The Bertz CT molecular complexity index is 3540. The highest BCUT2D eigenvalue weighted by Gasteiger charge is 2.23. The molecule has 11 aromatic rings. The van der Waals surface area contributed by atoms with E-state index in [0.29, 0.717) is 0 Å². The van der Waals surface area contributed by atoms with Crippen molar-refractivity contribution in [1.29, 1.82) is 0 Å². The lowest BCUT2D eigenvalue weighted by molar-refractivity contribution is 0.590. The molecule has 0 saturated carbocycles. The van der Waals surface area contributed by atoms with Gasteiger partial charge in [0.2, 0.25) is 0 Å². The SMILES string of the molecule is CC(C)(C)c1ccc2c(-c3ccc(-c4ccc(-c5ccc6c(c5)c5cc(-c7ccccc7)ccc5n6-c5ccccc5)cc4)cc3)c3cc(C(C)(C)C)ccc3c(-c3ccccc3)c2c1. The molecule has 0 atom stereocenters. The third kappa shape index (κ3) is 7.22. The van der Waals surface area contributed by atoms with Gasteiger partial charge in [-0.15, -0.1) is 0 Å². The van der Waals surface area contributed by atoms with Crippen LogP contribution in [0.15, 0.2) is 212 Å². The molecule has 65 heavy (non-hydrogen) atoms. The van der Waals surface area contributed by atoms with Gasteiger partial charge in [-0.05, 0) is 148 Å². The molecule has 0 amide bonds. The van der Waals surface area contributed by atoms with Gasteiger partial charge in [0.15, 0.2) is 0 Å². The molecule has 0 aliphatic carbocycles. The quantitative estimate of drug-likeness (QED) is 0.147. The number of hydrogen-bond donors (Lipinski definition) is 0. The van der Waals surface area contributed by atoms with E-state index < -0.39 is 0 Å². The van der Waals surface area contributed by atoms with E-state index in [-0.39, 0.29) is 10.8 Å². The van der Waals surface area contributed by atoms with Crippen molar-refractivity contribution in [2.24, 2.45) is 0 Å². The summed E-state index contributed by atoms with van der Waals surface area (Å²) in [7, 11) is 0. The number of fused-ring (bicyclic) bond motifs is 5. The number of rotatable bonds is 6. The van der Waals surface area contributed by atoms with Gasteiger partial charge in [0.05, 0.1) is 11.0 Å². The van der Waals surface area contributed by atoms with E-state index in [4.69, 9.17) is 0 Å². The lowest BCUT2D eigenvalue weighted by Gasteiger charge is -2.25. The highest BCUT2D eigenvalue weighted by molar-refractivity contribution is 6.22. The summed E-state index contributed by atoms with van der Waals surface area (Å²) in [5, 5.41) is 7.67. The van der Waals surface area contributed by atoms with Crippen LogP contribution >= 0.6 is 0 Å². The van der Waals surface area contributed by atoms with Crippen molar-refractivity contribution in [3.8, 4) is 61.3 Å². The molecular formula is C64H53N. The molecule has 0 aliphatic rings. The first kappa shape index (κ1) is 40.3. The minimum Gasteiger partial charge on any atom is -0.309 e. The van der Waals surface area contributed by atoms with Crippen molar-refractivity contribution in [2.45, 2.75) is 52.4 Å². The molecule has 0 bridgehead atoms. The molecule has 10 aromatic carbocycles. The lowest BCUT2D eigenvalue weighted by Crippen LogP contribution is -2.11. The molecule has 0 spiro atoms. The van der Waals surface area contributed by atoms with Crippen LogP contribution in [0.4, 0.5) is 0 Å². The zero-order valence-electron chi connectivity index (χ0n) is 38.2. The normalized spacial score (nSPS) is 12.2. The molecule has 1 aromatic heterocycles. The largest absolute Gasteiger partial charge is 0.309 e. The van der Waals surface area contributed by atoms with Crippen LogP contribution in [0.3, 0.4) is 0 Å². The molecule has 314 valence electrons. The van der Waals surface area contributed by atoms with Crippen LogP contribution in [0.5, 0.6) is 0 Å². The monoisotopic (exact) mass is 835 g/mol. The second-order valence-corrected chi connectivity index (χ2v) is 19.8. The van der Waals surface area contributed by atoms with E-state index >= 15 is 0 Å². The highest BCUT2D eigenvalue weighted by atomic mass is 15.0. The standard InChI is InChI=1S/C64H53N/c1-63(2,3)50-33-35-54-57(40-50)61(46-18-12-8-13-19-46)53-34-32-51(64(4,5)6)41-58(53)62(54)47-28-26-44(27-29-47)43-22-24-45(25-23-43)49-31-37-60-56(39-49)55-38-48(42-16-10-7-11-17-42)30-36-59(55)65(60)52-20-14-9-15-21-52/h7-41H,1-6H3. The zero-order chi connectivity index (χ0) is 44.5. The van der Waals surface area contributed by atoms with Gasteiger partial charge in [0.25, 0.3) is 0 Å². The van der Waals surface area contributed by atoms with Crippen LogP contribution in [-0.2, 0) is 10.8 Å². The maximum Gasteiger partial charge on any atom is 0.0541 e. The fourth-order valence-electron chi connectivity index (χ4n) is 9.94. The minimum atomic E-state index is 0.0120. The number of nitrogens with zero attached hydrogens (tertiary/aromatic N) is 1. The van der Waals surface area contributed by atoms with Crippen LogP contribution in [0.1, 0.15) is 52.7 Å². The Morgan fingerprint density at radius 3 is 1.03 bits per heavy atom. The Kier molecular flexibility index (Phi) is 9.70. The average molecular weight is 836 g/mol. The molecule has 1 nitrogen and oxygen atoms in total. The summed E-state index contributed by atoms with van der Waals surface area (Å²) in [4.78, 5) is 0. The van der Waals surface area contributed by atoms with Gasteiger partial charge in [-0.2, -0.15) is 0 Å². The highest BCUT2D eigenvalue weighted by Crippen LogP contribution is 2.46. The lowest BCUT2D eigenvalue weighted by atomic mass is 9.79. The predicted molar refractivity (Wildman–Crippen MR) is 280 cm³/mol. The number of aromatic nitrogens is 1. The van der Waals surface area contributed by atoms with E-state index in [9.17, 15) is 0 Å². The van der Waals surface area contributed by atoms with E-state index in [0.717, 1.165) is 5.69 Å². The topological polar surface area (TPSA) is 4.93 Å². The maximum absolute atomic E-state index is 2.46. The van der Waals surface area contributed by atoms with Crippen LogP contribution in [0, 0.1) is 0 Å². The van der Waals surface area contributed by atoms with Crippen molar-refractivity contribution in [1.82, 2.24) is 4.57 Å². The van der Waals surface area contributed by atoms with Gasteiger partial charge in [-0.25, -0.2) is 0 Å². The fourth-order valence-corrected chi connectivity index (χ4v) is 9.94. The van der Waals surface area contributed by atoms with Gasteiger partial charge in [0.1, 0.15) is 0 Å². The molecule has 0 N–H and O–H groups in total. The number of para-hydroxylation sites is 1. The van der Waals surface area contributed by atoms with Crippen molar-refractivity contribution in [2.75, 3.05) is 0 Å². The number of hydrogen-bond acceptors (Lipinski definition) is 0. The Morgan fingerprint density at radius 1 is 0.262 bits per heavy atom. The minimum absolute atomic E-state index is 0.0120. The molecule has 0 fully saturated rings. The Hall–Kier alpha value is -7.48. The summed E-state index contributed by atoms with van der Waals surface area (Å²) in [5.74, 6) is 0. The summed E-state index contributed by atoms with van der Waals surface area (Å²) < 4.78 is 2.39. The molecule has 0 aliphatic heterocycles. The summed E-state index contributed by atoms with van der Waals surface area (Å²) in [5.41, 5.74) is 18.6. The molecule has 0 saturated heterocycles. The molecule has 1 heterocycles. The van der Waals surface area contributed by atoms with E-state index in [2.05, 4.69) is 258 Å². The van der Waals surface area contributed by atoms with Crippen molar-refractivity contribution >= 4 is 43.4 Å². The Balaban J connectivity index is 0.999. The van der Waals surface area contributed by atoms with Crippen LogP contribution in [0.25, 0.3) is 105 Å². The molecule has 11 rings (SSSR count). The summed E-state index contributed by atoms with van der Waals surface area (Å²) >= 11 is 0. The van der Waals surface area contributed by atoms with Crippen molar-refractivity contribution in [3.63, 3.8) is 0 Å². The van der Waals surface area contributed by atoms with Crippen molar-refractivity contribution < 1.29 is 0 Å². The van der Waals surface area contributed by atoms with E-state index in [1.54, 1.807) is 0 Å². The van der Waals surface area contributed by atoms with Gasteiger partial charge >= 0.3 is 0 Å². The third-order valence-corrected chi connectivity index (χ3v) is 13.5. The predicted octanol–water partition coefficient (Wildman–Crippen LogP) is 18.0. The van der Waals surface area contributed by atoms with Crippen LogP contribution in [-0.4, -0.2) is 4.57 Å². The van der Waals surface area contributed by atoms with Gasteiger partial charge in [0, 0.05) is 16.5 Å². The third-order valence-electron chi connectivity index (χ3n) is 13.5. The van der Waals surface area contributed by atoms with Crippen LogP contribution < -0.4 is 0 Å². The smallest absolute Gasteiger partial charge is 0.0541 e. The van der Waals surface area contributed by atoms with Crippen molar-refractivity contribution in [3.05, 3.63) is 223 Å². The summed E-state index contributed by atoms with van der Waals surface area (Å²) in [6.07, 6.45) is 0. The Morgan fingerprint density at radius 2 is 0.600 bits per heavy atom. The second-order valence-electron chi connectivity index (χ2n) is 19.8. The maximum atomic E-state index is 2.46. The first-order valence-corrected chi connectivity index (χ1v) is 23.0. The summed E-state index contributed by atoms with van der Waals surface area (Å²) in [6.45, 7) is 13.9. The zero-order valence-corrected chi connectivity index (χ0v) is 38.2. The van der Waals surface area contributed by atoms with Gasteiger partial charge in [-0.1, -0.05) is 205 Å².